The molecule has 2 rings (SSSR count). The van der Waals surface area contributed by atoms with Crippen LogP contribution in [0.3, 0.4) is 0 Å². The second kappa shape index (κ2) is 6.73. The van der Waals surface area contributed by atoms with Gasteiger partial charge in [0.15, 0.2) is 0 Å². The molecule has 0 radical (unpaired) electrons. The largest absolute Gasteiger partial charge is 0.495 e. The molecule has 21 heavy (non-hydrogen) atoms. The Morgan fingerprint density at radius 3 is 2.48 bits per heavy atom. The molecule has 0 saturated heterocycles. The number of benzene rings is 1. The highest BCUT2D eigenvalue weighted by Crippen LogP contribution is 2.34. The lowest BCUT2D eigenvalue weighted by molar-refractivity contribution is 0.310. The Kier molecular flexibility index (Phi) is 5.41. The second-order valence-electron chi connectivity index (χ2n) is 5.41. The van der Waals surface area contributed by atoms with Crippen LogP contribution in [0.2, 0.25) is 10.0 Å². The van der Waals surface area contributed by atoms with Crippen molar-refractivity contribution in [2.24, 2.45) is 5.92 Å². The van der Waals surface area contributed by atoms with E-state index in [2.05, 4.69) is 11.6 Å². The Bertz CT molecular complexity index is 619. The van der Waals surface area contributed by atoms with Gasteiger partial charge in [0.25, 0.3) is 0 Å². The Balaban J connectivity index is 2.29. The first-order valence-electron chi connectivity index (χ1n) is 6.90. The zero-order chi connectivity index (χ0) is 15.6. The standard InChI is InChI=1S/C14H19Cl2NO3S/c1-9-5-3-4-6-12(9)17-21(18,19)14-8-10(15)13(20-2)7-11(14)16/h7-9,12,17H,3-6H2,1-2H3/t9-,12+/m1/s1. The highest BCUT2D eigenvalue weighted by atomic mass is 35.5. The van der Waals surface area contributed by atoms with Gasteiger partial charge in [-0.25, -0.2) is 13.1 Å². The van der Waals surface area contributed by atoms with Crippen LogP contribution in [-0.2, 0) is 10.0 Å². The van der Waals surface area contributed by atoms with Gasteiger partial charge in [-0.05, 0) is 24.8 Å². The third-order valence-corrected chi connectivity index (χ3v) is 6.16. The van der Waals surface area contributed by atoms with Gasteiger partial charge in [-0.2, -0.15) is 0 Å². The topological polar surface area (TPSA) is 55.4 Å². The number of sulfonamides is 1. The maximum Gasteiger partial charge on any atom is 0.242 e. The highest BCUT2D eigenvalue weighted by molar-refractivity contribution is 7.89. The van der Waals surface area contributed by atoms with Gasteiger partial charge in [-0.1, -0.05) is 43.0 Å². The molecule has 1 aliphatic carbocycles. The van der Waals surface area contributed by atoms with Crippen molar-refractivity contribution < 1.29 is 13.2 Å². The van der Waals surface area contributed by atoms with E-state index in [4.69, 9.17) is 27.9 Å². The number of methoxy groups -OCH3 is 1. The summed E-state index contributed by atoms with van der Waals surface area (Å²) in [5.74, 6) is 0.674. The van der Waals surface area contributed by atoms with Crippen LogP contribution >= 0.6 is 23.2 Å². The van der Waals surface area contributed by atoms with E-state index in [1.165, 1.54) is 19.2 Å². The summed E-state index contributed by atoms with van der Waals surface area (Å²) in [4.78, 5) is -0.00672. The SMILES string of the molecule is COc1cc(Cl)c(S(=O)(=O)N[C@H]2CCCC[C@H]2C)cc1Cl. The maximum absolute atomic E-state index is 12.5. The van der Waals surface area contributed by atoms with Gasteiger partial charge < -0.3 is 4.74 Å². The third kappa shape index (κ3) is 3.83. The van der Waals surface area contributed by atoms with Gasteiger partial charge in [0.2, 0.25) is 10.0 Å². The average Bonchev–Trinajstić information content (AvgIpc) is 2.43. The van der Waals surface area contributed by atoms with Crippen LogP contribution in [0.25, 0.3) is 0 Å². The minimum Gasteiger partial charge on any atom is -0.495 e. The molecule has 0 amide bonds. The van der Waals surface area contributed by atoms with Gasteiger partial charge in [0, 0.05) is 12.1 Å². The zero-order valence-corrected chi connectivity index (χ0v) is 14.4. The molecule has 1 aromatic carbocycles. The van der Waals surface area contributed by atoms with E-state index in [1.807, 2.05) is 0 Å². The number of hydrogen-bond acceptors (Lipinski definition) is 3. The van der Waals surface area contributed by atoms with Crippen molar-refractivity contribution in [3.63, 3.8) is 0 Å². The van der Waals surface area contributed by atoms with E-state index in [1.54, 1.807) is 0 Å². The molecule has 0 heterocycles. The molecule has 1 aromatic rings. The van der Waals surface area contributed by atoms with Crippen molar-refractivity contribution in [2.45, 2.75) is 43.5 Å². The van der Waals surface area contributed by atoms with Crippen molar-refractivity contribution in [2.75, 3.05) is 7.11 Å². The van der Waals surface area contributed by atoms with Crippen LogP contribution < -0.4 is 9.46 Å². The minimum absolute atomic E-state index is 0.00672. The Labute approximate surface area is 135 Å². The molecule has 0 bridgehead atoms. The van der Waals surface area contributed by atoms with Gasteiger partial charge in [0.1, 0.15) is 10.6 Å². The van der Waals surface area contributed by atoms with Gasteiger partial charge >= 0.3 is 0 Å². The lowest BCUT2D eigenvalue weighted by Gasteiger charge is -2.29. The molecule has 2 atom stereocenters. The molecular weight excluding hydrogens is 333 g/mol. The van der Waals surface area contributed by atoms with E-state index in [0.717, 1.165) is 25.7 Å². The first-order chi connectivity index (χ1) is 9.85. The van der Waals surface area contributed by atoms with E-state index < -0.39 is 10.0 Å². The second-order valence-corrected chi connectivity index (χ2v) is 7.90. The van der Waals surface area contributed by atoms with E-state index in [0.29, 0.717) is 11.7 Å². The summed E-state index contributed by atoms with van der Waals surface area (Å²) in [6, 6.07) is 2.70. The zero-order valence-electron chi connectivity index (χ0n) is 12.0. The minimum atomic E-state index is -3.69. The molecule has 1 aliphatic rings. The molecular formula is C14H19Cl2NO3S. The van der Waals surface area contributed by atoms with E-state index in [-0.39, 0.29) is 21.0 Å². The first-order valence-corrected chi connectivity index (χ1v) is 9.14. The molecule has 4 nitrogen and oxygen atoms in total. The Hall–Kier alpha value is -0.490. The fraction of sp³-hybridized carbons (Fsp3) is 0.571. The summed E-state index contributed by atoms with van der Waals surface area (Å²) in [6.07, 6.45) is 4.06. The maximum atomic E-state index is 12.5. The van der Waals surface area contributed by atoms with Gasteiger partial charge in [-0.3, -0.25) is 0 Å². The molecule has 0 unspecified atom stereocenters. The van der Waals surface area contributed by atoms with Crippen LogP contribution in [0.15, 0.2) is 17.0 Å². The smallest absolute Gasteiger partial charge is 0.242 e. The van der Waals surface area contributed by atoms with Crippen LogP contribution in [-0.4, -0.2) is 21.6 Å². The molecule has 1 N–H and O–H groups in total. The van der Waals surface area contributed by atoms with E-state index in [9.17, 15) is 8.42 Å². The molecule has 0 aromatic heterocycles. The molecule has 0 spiro atoms. The predicted molar refractivity (Wildman–Crippen MR) is 84.8 cm³/mol. The summed E-state index contributed by atoms with van der Waals surface area (Å²) >= 11 is 12.1. The summed E-state index contributed by atoms with van der Waals surface area (Å²) in [6.45, 7) is 2.06. The summed E-state index contributed by atoms with van der Waals surface area (Å²) in [5, 5.41) is 0.325. The highest BCUT2D eigenvalue weighted by Gasteiger charge is 2.28. The number of ether oxygens (including phenoxy) is 1. The Morgan fingerprint density at radius 2 is 1.86 bits per heavy atom. The van der Waals surface area contributed by atoms with Crippen molar-refractivity contribution in [3.05, 3.63) is 22.2 Å². The lowest BCUT2D eigenvalue weighted by Crippen LogP contribution is -2.41. The summed E-state index contributed by atoms with van der Waals surface area (Å²) < 4.78 is 32.8. The van der Waals surface area contributed by atoms with Crippen molar-refractivity contribution >= 4 is 33.2 Å². The number of hydrogen-bond donors (Lipinski definition) is 1. The number of rotatable bonds is 4. The quantitative estimate of drug-likeness (QED) is 0.895. The van der Waals surface area contributed by atoms with Crippen LogP contribution in [0, 0.1) is 5.92 Å². The molecule has 1 saturated carbocycles. The predicted octanol–water partition coefficient (Wildman–Crippen LogP) is 3.86. The molecule has 0 aliphatic heterocycles. The van der Waals surface area contributed by atoms with Gasteiger partial charge in [-0.15, -0.1) is 0 Å². The normalized spacial score (nSPS) is 23.0. The molecule has 1 fully saturated rings. The third-order valence-electron chi connectivity index (χ3n) is 3.91. The number of halogens is 2. The van der Waals surface area contributed by atoms with Crippen molar-refractivity contribution in [3.8, 4) is 5.75 Å². The van der Waals surface area contributed by atoms with E-state index >= 15 is 0 Å². The Morgan fingerprint density at radius 1 is 1.19 bits per heavy atom. The average molecular weight is 352 g/mol. The monoisotopic (exact) mass is 351 g/mol. The molecule has 118 valence electrons. The first kappa shape index (κ1) is 16.9. The fourth-order valence-electron chi connectivity index (χ4n) is 2.63. The molecule has 7 heteroatoms. The number of nitrogens with one attached hydrogen (secondary N) is 1. The van der Waals surface area contributed by atoms with Crippen LogP contribution in [0.1, 0.15) is 32.6 Å². The fourth-order valence-corrected chi connectivity index (χ4v) is 4.86. The summed E-state index contributed by atoms with van der Waals surface area (Å²) in [7, 11) is -2.24. The van der Waals surface area contributed by atoms with Crippen molar-refractivity contribution in [1.29, 1.82) is 0 Å². The van der Waals surface area contributed by atoms with Crippen molar-refractivity contribution in [1.82, 2.24) is 4.72 Å². The van der Waals surface area contributed by atoms with Gasteiger partial charge in [0.05, 0.1) is 17.2 Å². The van der Waals surface area contributed by atoms with Crippen LogP contribution in [0.5, 0.6) is 5.75 Å². The van der Waals surface area contributed by atoms with Crippen LogP contribution in [0.4, 0.5) is 0 Å². The lowest BCUT2D eigenvalue weighted by atomic mass is 9.87. The summed E-state index contributed by atoms with van der Waals surface area (Å²) in [5.41, 5.74) is 0.